The summed E-state index contributed by atoms with van der Waals surface area (Å²) in [5.41, 5.74) is 2.70. The van der Waals surface area contributed by atoms with Crippen LogP contribution in [0.4, 0.5) is 0 Å². The van der Waals surface area contributed by atoms with Gasteiger partial charge in [-0.15, -0.1) is 11.3 Å². The second kappa shape index (κ2) is 5.26. The van der Waals surface area contributed by atoms with Crippen LogP contribution in [0.3, 0.4) is 0 Å². The van der Waals surface area contributed by atoms with E-state index in [2.05, 4.69) is 46.6 Å². The molecule has 2 aromatic heterocycles. The first-order chi connectivity index (χ1) is 9.63. The van der Waals surface area contributed by atoms with Gasteiger partial charge in [-0.3, -0.25) is 0 Å². The molecule has 3 aromatic rings. The molecule has 0 fully saturated rings. The number of aromatic nitrogens is 2. The van der Waals surface area contributed by atoms with Crippen LogP contribution in [0.5, 0.6) is 0 Å². The highest BCUT2D eigenvalue weighted by atomic mass is 32.1. The highest BCUT2D eigenvalue weighted by molar-refractivity contribution is 7.10. The number of hydrogen-bond acceptors (Lipinski definition) is 3. The summed E-state index contributed by atoms with van der Waals surface area (Å²) in [6.45, 7) is 4.30. The predicted octanol–water partition coefficient (Wildman–Crippen LogP) is 3.33. The highest BCUT2D eigenvalue weighted by Gasteiger charge is 2.12. The summed E-state index contributed by atoms with van der Waals surface area (Å²) in [6, 6.07) is 10.7. The molecular formula is C15H17N3OS. The molecule has 0 radical (unpaired) electrons. The molecule has 4 nitrogen and oxygen atoms in total. The smallest absolute Gasteiger partial charge is 0.306 e. The Kier molecular flexibility index (Phi) is 3.46. The number of H-pyrrole nitrogens is 2. The largest absolute Gasteiger partial charge is 0.323 e. The maximum Gasteiger partial charge on any atom is 0.323 e. The molecule has 0 aliphatic carbocycles. The molecule has 2 unspecified atom stereocenters. The first-order valence-electron chi connectivity index (χ1n) is 6.65. The van der Waals surface area contributed by atoms with Crippen molar-refractivity contribution in [2.75, 3.05) is 0 Å². The molecule has 0 aliphatic heterocycles. The van der Waals surface area contributed by atoms with Crippen LogP contribution in [0, 0.1) is 0 Å². The molecule has 104 valence electrons. The van der Waals surface area contributed by atoms with Gasteiger partial charge >= 0.3 is 5.69 Å². The zero-order chi connectivity index (χ0) is 14.1. The molecule has 0 saturated heterocycles. The molecular weight excluding hydrogens is 270 g/mol. The molecule has 2 heterocycles. The molecule has 0 aliphatic rings. The van der Waals surface area contributed by atoms with Crippen LogP contribution in [-0.4, -0.2) is 9.97 Å². The molecule has 2 atom stereocenters. The van der Waals surface area contributed by atoms with Gasteiger partial charge < -0.3 is 15.3 Å². The number of nitrogens with one attached hydrogen (secondary N) is 3. The maximum absolute atomic E-state index is 11.3. The van der Waals surface area contributed by atoms with Crippen LogP contribution < -0.4 is 11.0 Å². The van der Waals surface area contributed by atoms with E-state index in [0.29, 0.717) is 6.04 Å². The van der Waals surface area contributed by atoms with Crippen molar-refractivity contribution in [2.24, 2.45) is 0 Å². The fraction of sp³-hybridized carbons (Fsp3) is 0.267. The average molecular weight is 287 g/mol. The minimum absolute atomic E-state index is 0.162. The number of benzene rings is 1. The molecule has 0 bridgehead atoms. The lowest BCUT2D eigenvalue weighted by atomic mass is 10.1. The summed E-state index contributed by atoms with van der Waals surface area (Å²) >= 11 is 1.76. The second-order valence-electron chi connectivity index (χ2n) is 5.01. The second-order valence-corrected chi connectivity index (χ2v) is 5.99. The van der Waals surface area contributed by atoms with Crippen LogP contribution >= 0.6 is 11.3 Å². The van der Waals surface area contributed by atoms with Gasteiger partial charge in [0, 0.05) is 17.0 Å². The van der Waals surface area contributed by atoms with Gasteiger partial charge in [0.15, 0.2) is 0 Å². The Bertz CT molecular complexity index is 757. The molecule has 1 aromatic carbocycles. The topological polar surface area (TPSA) is 60.7 Å². The quantitative estimate of drug-likeness (QED) is 0.689. The van der Waals surface area contributed by atoms with Gasteiger partial charge in [-0.25, -0.2) is 4.79 Å². The minimum atomic E-state index is -0.162. The standard InChI is InChI=1S/C15H17N3OS/c1-9(16-10(2)14-4-3-7-20-14)11-5-6-12-13(8-11)18-15(19)17-12/h3-10,16H,1-2H3,(H2,17,18,19). The number of rotatable bonds is 4. The Balaban J connectivity index is 1.81. The molecule has 5 heteroatoms. The minimum Gasteiger partial charge on any atom is -0.306 e. The third kappa shape index (κ3) is 2.55. The van der Waals surface area contributed by atoms with Crippen LogP contribution in [0.2, 0.25) is 0 Å². The Morgan fingerprint density at radius 2 is 1.90 bits per heavy atom. The maximum atomic E-state index is 11.3. The van der Waals surface area contributed by atoms with E-state index in [1.807, 2.05) is 18.2 Å². The Hall–Kier alpha value is -1.85. The summed E-state index contributed by atoms with van der Waals surface area (Å²) in [7, 11) is 0. The van der Waals surface area contributed by atoms with Crippen LogP contribution in [0.25, 0.3) is 11.0 Å². The Morgan fingerprint density at radius 1 is 1.10 bits per heavy atom. The molecule has 3 N–H and O–H groups in total. The third-order valence-corrected chi connectivity index (χ3v) is 4.57. The lowest BCUT2D eigenvalue weighted by Gasteiger charge is -2.19. The lowest BCUT2D eigenvalue weighted by molar-refractivity contribution is 0.500. The third-order valence-electron chi connectivity index (χ3n) is 3.51. The van der Waals surface area contributed by atoms with Crippen LogP contribution in [-0.2, 0) is 0 Å². The van der Waals surface area contributed by atoms with E-state index in [4.69, 9.17) is 0 Å². The van der Waals surface area contributed by atoms with E-state index in [-0.39, 0.29) is 11.7 Å². The van der Waals surface area contributed by atoms with E-state index < -0.39 is 0 Å². The van der Waals surface area contributed by atoms with Gasteiger partial charge in [-0.05, 0) is 43.0 Å². The van der Waals surface area contributed by atoms with E-state index in [9.17, 15) is 4.79 Å². The fourth-order valence-electron chi connectivity index (χ4n) is 2.41. The number of fused-ring (bicyclic) bond motifs is 1. The first-order valence-corrected chi connectivity index (χ1v) is 7.53. The fourth-order valence-corrected chi connectivity index (χ4v) is 3.15. The SMILES string of the molecule is CC(NC(C)c1cccs1)c1ccc2[nH]c(=O)[nH]c2c1. The summed E-state index contributed by atoms with van der Waals surface area (Å²) in [6.07, 6.45) is 0. The normalized spacial score (nSPS) is 14.5. The van der Waals surface area contributed by atoms with Crippen molar-refractivity contribution >= 4 is 22.4 Å². The number of imidazole rings is 1. The Labute approximate surface area is 120 Å². The summed E-state index contributed by atoms with van der Waals surface area (Å²) < 4.78 is 0. The van der Waals surface area contributed by atoms with Crippen molar-refractivity contribution < 1.29 is 0 Å². The lowest BCUT2D eigenvalue weighted by Crippen LogP contribution is -2.21. The number of thiophene rings is 1. The van der Waals surface area contributed by atoms with E-state index in [1.165, 1.54) is 4.88 Å². The Morgan fingerprint density at radius 3 is 2.65 bits per heavy atom. The van der Waals surface area contributed by atoms with Crippen molar-refractivity contribution in [1.82, 2.24) is 15.3 Å². The van der Waals surface area contributed by atoms with Crippen molar-refractivity contribution in [1.29, 1.82) is 0 Å². The summed E-state index contributed by atoms with van der Waals surface area (Å²) in [5, 5.41) is 5.67. The summed E-state index contributed by atoms with van der Waals surface area (Å²) in [5.74, 6) is 0. The van der Waals surface area contributed by atoms with Crippen LogP contribution in [0.1, 0.15) is 36.4 Å². The van der Waals surface area contributed by atoms with Crippen molar-refractivity contribution in [3.63, 3.8) is 0 Å². The number of aromatic amines is 2. The zero-order valence-electron chi connectivity index (χ0n) is 11.4. The van der Waals surface area contributed by atoms with Crippen molar-refractivity contribution in [3.8, 4) is 0 Å². The molecule has 20 heavy (non-hydrogen) atoms. The average Bonchev–Trinajstić information content (AvgIpc) is 3.05. The first kappa shape index (κ1) is 13.1. The molecule has 0 spiro atoms. The number of hydrogen-bond donors (Lipinski definition) is 3. The van der Waals surface area contributed by atoms with Gasteiger partial charge in [0.05, 0.1) is 11.0 Å². The van der Waals surface area contributed by atoms with Gasteiger partial charge in [-0.1, -0.05) is 12.1 Å². The van der Waals surface area contributed by atoms with E-state index in [1.54, 1.807) is 11.3 Å². The zero-order valence-corrected chi connectivity index (χ0v) is 12.3. The van der Waals surface area contributed by atoms with Crippen molar-refractivity contribution in [2.45, 2.75) is 25.9 Å². The van der Waals surface area contributed by atoms with E-state index in [0.717, 1.165) is 16.6 Å². The van der Waals surface area contributed by atoms with Gasteiger partial charge in [0.25, 0.3) is 0 Å². The molecule has 3 rings (SSSR count). The highest BCUT2D eigenvalue weighted by Crippen LogP contribution is 2.23. The molecule has 0 saturated carbocycles. The van der Waals surface area contributed by atoms with Crippen molar-refractivity contribution in [3.05, 3.63) is 56.6 Å². The monoisotopic (exact) mass is 287 g/mol. The molecule has 0 amide bonds. The van der Waals surface area contributed by atoms with Gasteiger partial charge in [-0.2, -0.15) is 0 Å². The van der Waals surface area contributed by atoms with E-state index >= 15 is 0 Å². The van der Waals surface area contributed by atoms with Crippen LogP contribution in [0.15, 0.2) is 40.5 Å². The predicted molar refractivity (Wildman–Crippen MR) is 83.2 cm³/mol. The van der Waals surface area contributed by atoms with Gasteiger partial charge in [0.2, 0.25) is 0 Å². The van der Waals surface area contributed by atoms with Gasteiger partial charge in [0.1, 0.15) is 0 Å². The summed E-state index contributed by atoms with van der Waals surface area (Å²) in [4.78, 5) is 18.2.